The number of pyridine rings is 1. The highest BCUT2D eigenvalue weighted by molar-refractivity contribution is 5.96. The highest BCUT2D eigenvalue weighted by Gasteiger charge is 2.16. The molecule has 0 aromatic carbocycles. The summed E-state index contributed by atoms with van der Waals surface area (Å²) in [6.07, 6.45) is 2.93. The number of nitrogens with zero attached hydrogens (tertiary/aromatic N) is 3. The van der Waals surface area contributed by atoms with Gasteiger partial charge in [0.05, 0.1) is 6.10 Å². The Morgan fingerprint density at radius 2 is 2.29 bits per heavy atom. The van der Waals surface area contributed by atoms with E-state index in [2.05, 4.69) is 4.98 Å². The number of carboxylic acid groups (broad SMARTS) is 1. The van der Waals surface area contributed by atoms with E-state index < -0.39 is 5.97 Å². The molecule has 0 aliphatic carbocycles. The van der Waals surface area contributed by atoms with Crippen LogP contribution in [0.5, 0.6) is 5.88 Å². The van der Waals surface area contributed by atoms with Crippen LogP contribution >= 0.6 is 0 Å². The number of hydrogen-bond acceptors (Lipinski definition) is 4. The zero-order valence-corrected chi connectivity index (χ0v) is 12.0. The lowest BCUT2D eigenvalue weighted by Crippen LogP contribution is -2.07. The number of ether oxygens (including phenoxy) is 1. The van der Waals surface area contributed by atoms with Crippen molar-refractivity contribution in [2.45, 2.75) is 26.9 Å². The first-order chi connectivity index (χ1) is 9.92. The molecule has 2 rings (SSSR count). The van der Waals surface area contributed by atoms with Gasteiger partial charge in [0.2, 0.25) is 5.88 Å². The van der Waals surface area contributed by atoms with Gasteiger partial charge >= 0.3 is 5.97 Å². The number of rotatable bonds is 4. The molecule has 6 heteroatoms. The molecule has 0 unspecified atom stereocenters. The molecule has 2 heterocycles. The van der Waals surface area contributed by atoms with Gasteiger partial charge in [-0.2, -0.15) is 10.2 Å². The molecule has 0 saturated carbocycles. The average molecular weight is 285 g/mol. The van der Waals surface area contributed by atoms with Crippen molar-refractivity contribution >= 4 is 17.7 Å². The molecule has 108 valence electrons. The summed E-state index contributed by atoms with van der Waals surface area (Å²) in [4.78, 5) is 15.4. The van der Waals surface area contributed by atoms with Crippen LogP contribution in [0.3, 0.4) is 0 Å². The second-order valence-electron chi connectivity index (χ2n) is 4.88. The predicted octanol–water partition coefficient (Wildman–Crippen LogP) is 2.42. The van der Waals surface area contributed by atoms with E-state index in [1.165, 1.54) is 6.08 Å². The third-order valence-corrected chi connectivity index (χ3v) is 2.76. The molecule has 6 nitrogen and oxygen atoms in total. The number of carboxylic acids is 1. The Morgan fingerprint density at radius 3 is 2.86 bits per heavy atom. The summed E-state index contributed by atoms with van der Waals surface area (Å²) < 4.78 is 7.32. The lowest BCUT2D eigenvalue weighted by molar-refractivity contribution is -0.132. The normalized spacial score (nSPS) is 11.7. The van der Waals surface area contributed by atoms with E-state index in [0.717, 1.165) is 5.56 Å². The van der Waals surface area contributed by atoms with Crippen molar-refractivity contribution in [3.8, 4) is 11.9 Å². The SMILES string of the molecule is Cc1ccn2c(/C=C(\C#N)C(=O)O)c(OC(C)C)nc2c1. The monoisotopic (exact) mass is 285 g/mol. The molecule has 0 bridgehead atoms. The summed E-state index contributed by atoms with van der Waals surface area (Å²) >= 11 is 0. The number of aromatic nitrogens is 2. The molecule has 0 spiro atoms. The Hall–Kier alpha value is -2.81. The quantitative estimate of drug-likeness (QED) is 0.688. The second kappa shape index (κ2) is 5.67. The molecule has 2 aromatic rings. The molecule has 0 aliphatic rings. The van der Waals surface area contributed by atoms with Gasteiger partial charge in [-0.05, 0) is 44.5 Å². The van der Waals surface area contributed by atoms with E-state index >= 15 is 0 Å². The number of fused-ring (bicyclic) bond motifs is 1. The van der Waals surface area contributed by atoms with E-state index in [9.17, 15) is 4.79 Å². The topological polar surface area (TPSA) is 87.6 Å². The highest BCUT2D eigenvalue weighted by Crippen LogP contribution is 2.24. The van der Waals surface area contributed by atoms with Crippen LogP contribution in [0.1, 0.15) is 25.1 Å². The maximum Gasteiger partial charge on any atom is 0.346 e. The number of aliphatic carboxylic acids is 1. The fourth-order valence-electron chi connectivity index (χ4n) is 1.86. The summed E-state index contributed by atoms with van der Waals surface area (Å²) in [5, 5.41) is 17.9. The lowest BCUT2D eigenvalue weighted by atomic mass is 10.2. The minimum absolute atomic E-state index is 0.112. The van der Waals surface area contributed by atoms with Crippen molar-refractivity contribution in [2.24, 2.45) is 0 Å². The summed E-state index contributed by atoms with van der Waals surface area (Å²) in [5.41, 5.74) is 1.74. The van der Waals surface area contributed by atoms with Crippen molar-refractivity contribution in [3.05, 3.63) is 35.2 Å². The fraction of sp³-hybridized carbons (Fsp3) is 0.267. The van der Waals surface area contributed by atoms with Crippen LogP contribution < -0.4 is 4.74 Å². The lowest BCUT2D eigenvalue weighted by Gasteiger charge is -2.07. The van der Waals surface area contributed by atoms with Crippen molar-refractivity contribution < 1.29 is 14.6 Å². The van der Waals surface area contributed by atoms with Crippen LogP contribution in [-0.4, -0.2) is 26.6 Å². The van der Waals surface area contributed by atoms with Gasteiger partial charge in [-0.15, -0.1) is 0 Å². The smallest absolute Gasteiger partial charge is 0.346 e. The third kappa shape index (κ3) is 3.03. The van der Waals surface area contributed by atoms with Gasteiger partial charge < -0.3 is 9.84 Å². The van der Waals surface area contributed by atoms with Gasteiger partial charge in [-0.1, -0.05) is 0 Å². The minimum atomic E-state index is -1.28. The zero-order valence-electron chi connectivity index (χ0n) is 12.0. The maximum atomic E-state index is 11.0. The fourth-order valence-corrected chi connectivity index (χ4v) is 1.86. The van der Waals surface area contributed by atoms with Crippen molar-refractivity contribution in [2.75, 3.05) is 0 Å². The van der Waals surface area contributed by atoms with Gasteiger partial charge in [0.15, 0.2) is 0 Å². The molecule has 1 N–H and O–H groups in total. The summed E-state index contributed by atoms with van der Waals surface area (Å²) in [5.74, 6) is -0.973. The second-order valence-corrected chi connectivity index (χ2v) is 4.88. The van der Waals surface area contributed by atoms with Gasteiger partial charge in [0.1, 0.15) is 23.0 Å². The zero-order chi connectivity index (χ0) is 15.6. The van der Waals surface area contributed by atoms with Gasteiger partial charge in [-0.3, -0.25) is 4.40 Å². The first-order valence-electron chi connectivity index (χ1n) is 6.43. The van der Waals surface area contributed by atoms with E-state index in [4.69, 9.17) is 15.1 Å². The molecule has 0 fully saturated rings. The highest BCUT2D eigenvalue weighted by atomic mass is 16.5. The molecule has 21 heavy (non-hydrogen) atoms. The van der Waals surface area contributed by atoms with Crippen LogP contribution in [0, 0.1) is 18.3 Å². The Labute approximate surface area is 121 Å². The van der Waals surface area contributed by atoms with Gasteiger partial charge in [0, 0.05) is 6.20 Å². The number of imidazole rings is 1. The standard InChI is InChI=1S/C15H15N3O3/c1-9(2)21-14-12(7-11(8-16)15(19)20)18-5-4-10(3)6-13(18)17-14/h4-7,9H,1-3H3,(H,19,20)/b11-7+. The summed E-state index contributed by atoms with van der Waals surface area (Å²) in [7, 11) is 0. The van der Waals surface area contributed by atoms with Crippen LogP contribution in [0.25, 0.3) is 11.7 Å². The Morgan fingerprint density at radius 1 is 1.57 bits per heavy atom. The van der Waals surface area contributed by atoms with Crippen molar-refractivity contribution in [3.63, 3.8) is 0 Å². The molecular weight excluding hydrogens is 270 g/mol. The number of carbonyl (C=O) groups is 1. The molecule has 0 saturated heterocycles. The van der Waals surface area contributed by atoms with Crippen molar-refractivity contribution in [1.29, 1.82) is 5.26 Å². The first kappa shape index (κ1) is 14.6. The van der Waals surface area contributed by atoms with Crippen LogP contribution in [0.2, 0.25) is 0 Å². The maximum absolute atomic E-state index is 11.0. The van der Waals surface area contributed by atoms with Gasteiger partial charge in [-0.25, -0.2) is 4.79 Å². The largest absolute Gasteiger partial charge is 0.477 e. The molecule has 0 amide bonds. The Kier molecular flexibility index (Phi) is 3.94. The van der Waals surface area contributed by atoms with E-state index in [1.807, 2.05) is 32.9 Å². The Balaban J connectivity index is 2.69. The summed E-state index contributed by atoms with van der Waals surface area (Å²) in [6.45, 7) is 5.64. The predicted molar refractivity (Wildman–Crippen MR) is 76.9 cm³/mol. The number of aryl methyl sites for hydroxylation is 1. The molecule has 0 radical (unpaired) electrons. The Bertz CT molecular complexity index is 766. The number of hydrogen-bond donors (Lipinski definition) is 1. The average Bonchev–Trinajstić information content (AvgIpc) is 2.71. The van der Waals surface area contributed by atoms with Crippen LogP contribution in [0.15, 0.2) is 23.9 Å². The third-order valence-electron chi connectivity index (χ3n) is 2.76. The van der Waals surface area contributed by atoms with E-state index in [0.29, 0.717) is 17.2 Å². The minimum Gasteiger partial charge on any atom is -0.477 e. The van der Waals surface area contributed by atoms with Gasteiger partial charge in [0.25, 0.3) is 0 Å². The molecule has 0 aliphatic heterocycles. The molecule has 2 aromatic heterocycles. The van der Waals surface area contributed by atoms with Crippen LogP contribution in [0.4, 0.5) is 0 Å². The number of nitriles is 1. The van der Waals surface area contributed by atoms with E-state index in [-0.39, 0.29) is 11.7 Å². The summed E-state index contributed by atoms with van der Waals surface area (Å²) in [6, 6.07) is 5.39. The first-order valence-corrected chi connectivity index (χ1v) is 6.43. The van der Waals surface area contributed by atoms with E-state index in [1.54, 1.807) is 16.7 Å². The van der Waals surface area contributed by atoms with Crippen LogP contribution in [-0.2, 0) is 4.79 Å². The van der Waals surface area contributed by atoms with Crippen molar-refractivity contribution in [1.82, 2.24) is 9.38 Å². The molecule has 0 atom stereocenters. The molecular formula is C15H15N3O3.